The van der Waals surface area contributed by atoms with Crippen molar-refractivity contribution in [3.63, 3.8) is 0 Å². The van der Waals surface area contributed by atoms with Crippen LogP contribution in [-0.2, 0) is 20.2 Å². The summed E-state index contributed by atoms with van der Waals surface area (Å²) in [6, 6.07) is 4.59. The van der Waals surface area contributed by atoms with Gasteiger partial charge in [-0.15, -0.1) is 4.52 Å². The summed E-state index contributed by atoms with van der Waals surface area (Å²) in [7, 11) is 1.16. The third kappa shape index (κ3) is 5.21. The van der Waals surface area contributed by atoms with Crippen molar-refractivity contribution in [3.8, 4) is 5.75 Å². The largest absolute Gasteiger partial charge is 0.508 e. The molecule has 1 aromatic rings. The average molecular weight is 302 g/mol. The van der Waals surface area contributed by atoms with E-state index >= 15 is 0 Å². The highest BCUT2D eigenvalue weighted by Gasteiger charge is 2.19. The number of hydrogen-bond acceptors (Lipinski definition) is 6. The van der Waals surface area contributed by atoms with E-state index in [0.717, 1.165) is 5.56 Å². The number of methoxy groups -OCH3 is 2. The van der Waals surface area contributed by atoms with Gasteiger partial charge in [0.1, 0.15) is 6.61 Å². The van der Waals surface area contributed by atoms with Gasteiger partial charge in [-0.1, -0.05) is 6.07 Å². The van der Waals surface area contributed by atoms with Crippen LogP contribution >= 0.6 is 8.03 Å². The van der Waals surface area contributed by atoms with Crippen molar-refractivity contribution in [1.29, 1.82) is 0 Å². The van der Waals surface area contributed by atoms with E-state index in [1.165, 1.54) is 13.2 Å². The third-order valence-corrected chi connectivity index (χ3v) is 3.61. The Bertz CT molecular complexity index is 479. The number of benzene rings is 1. The van der Waals surface area contributed by atoms with Crippen LogP contribution in [0.3, 0.4) is 0 Å². The standard InChI is InChI=1S/C12H17NO6P/c1-17-6-7-19-20(16)8-5-10-3-4-11(13(14)15)12(9-10)18-2/h3-4,9H,5-8H2,1-2H3/q+1. The summed E-state index contributed by atoms with van der Waals surface area (Å²) in [6.45, 7) is 0.682. The fourth-order valence-corrected chi connectivity index (χ4v) is 2.38. The van der Waals surface area contributed by atoms with Crippen molar-refractivity contribution >= 4 is 13.7 Å². The van der Waals surface area contributed by atoms with E-state index in [-0.39, 0.29) is 18.0 Å². The molecule has 0 aliphatic heterocycles. The Morgan fingerprint density at radius 2 is 2.05 bits per heavy atom. The van der Waals surface area contributed by atoms with Crippen LogP contribution in [-0.4, -0.2) is 38.5 Å². The summed E-state index contributed by atoms with van der Waals surface area (Å²) in [5.41, 5.74) is 0.725. The first-order valence-corrected chi connectivity index (χ1v) is 7.32. The van der Waals surface area contributed by atoms with Gasteiger partial charge in [-0.05, 0) is 16.2 Å². The molecule has 0 radical (unpaired) electrons. The minimum atomic E-state index is -1.75. The molecule has 8 heteroatoms. The summed E-state index contributed by atoms with van der Waals surface area (Å²) in [5, 5.41) is 10.8. The molecule has 0 aromatic heterocycles. The first kappa shape index (κ1) is 16.5. The Kier molecular flexibility index (Phi) is 7.08. The van der Waals surface area contributed by atoms with Gasteiger partial charge in [0, 0.05) is 19.6 Å². The highest BCUT2D eigenvalue weighted by Crippen LogP contribution is 2.29. The normalized spacial score (nSPS) is 11.2. The first-order valence-electron chi connectivity index (χ1n) is 5.96. The zero-order chi connectivity index (χ0) is 15.0. The summed E-state index contributed by atoms with van der Waals surface area (Å²) >= 11 is 0. The lowest BCUT2D eigenvalue weighted by Crippen LogP contribution is -1.99. The Balaban J connectivity index is 2.56. The summed E-state index contributed by atoms with van der Waals surface area (Å²) in [5.74, 6) is 0.197. The molecular weight excluding hydrogens is 285 g/mol. The summed E-state index contributed by atoms with van der Waals surface area (Å²) in [6.07, 6.45) is 0.844. The Morgan fingerprint density at radius 3 is 2.65 bits per heavy atom. The molecule has 0 N–H and O–H groups in total. The molecule has 0 saturated heterocycles. The van der Waals surface area contributed by atoms with Crippen LogP contribution < -0.4 is 4.74 Å². The Morgan fingerprint density at radius 1 is 1.30 bits per heavy atom. The van der Waals surface area contributed by atoms with Gasteiger partial charge in [-0.2, -0.15) is 0 Å². The van der Waals surface area contributed by atoms with Crippen molar-refractivity contribution < 1.29 is 23.5 Å². The lowest BCUT2D eigenvalue weighted by molar-refractivity contribution is -0.385. The molecule has 0 heterocycles. The summed E-state index contributed by atoms with van der Waals surface area (Å²) in [4.78, 5) is 10.2. The van der Waals surface area contributed by atoms with Crippen molar-refractivity contribution in [1.82, 2.24) is 0 Å². The van der Waals surface area contributed by atoms with Crippen molar-refractivity contribution in [3.05, 3.63) is 33.9 Å². The molecular formula is C12H17NO6P+. The quantitative estimate of drug-likeness (QED) is 0.301. The zero-order valence-electron chi connectivity index (χ0n) is 11.4. The van der Waals surface area contributed by atoms with Gasteiger partial charge in [0.15, 0.2) is 11.9 Å². The molecule has 1 unspecified atom stereocenters. The number of hydrogen-bond donors (Lipinski definition) is 0. The molecule has 0 amide bonds. The lowest BCUT2D eigenvalue weighted by atomic mass is 10.1. The van der Waals surface area contributed by atoms with E-state index in [9.17, 15) is 14.7 Å². The van der Waals surface area contributed by atoms with E-state index in [4.69, 9.17) is 14.0 Å². The van der Waals surface area contributed by atoms with Gasteiger partial charge in [0.05, 0.1) is 18.6 Å². The molecule has 1 atom stereocenters. The van der Waals surface area contributed by atoms with E-state index in [2.05, 4.69) is 0 Å². The number of rotatable bonds is 9. The van der Waals surface area contributed by atoms with Crippen molar-refractivity contribution in [2.75, 3.05) is 33.6 Å². The summed E-state index contributed by atoms with van der Waals surface area (Å²) < 4.78 is 26.4. The molecule has 1 rings (SSSR count). The fourth-order valence-electron chi connectivity index (χ4n) is 1.54. The first-order chi connectivity index (χ1) is 9.58. The van der Waals surface area contributed by atoms with Crippen LogP contribution in [0.25, 0.3) is 0 Å². The molecule has 0 aliphatic carbocycles. The van der Waals surface area contributed by atoms with Crippen LogP contribution in [0.2, 0.25) is 0 Å². The minimum Gasteiger partial charge on any atom is -0.490 e. The van der Waals surface area contributed by atoms with Gasteiger partial charge in [0.2, 0.25) is 0 Å². The zero-order valence-corrected chi connectivity index (χ0v) is 12.3. The molecule has 0 saturated carbocycles. The molecule has 110 valence electrons. The molecule has 0 fully saturated rings. The van der Waals surface area contributed by atoms with E-state index in [0.29, 0.717) is 19.2 Å². The van der Waals surface area contributed by atoms with Gasteiger partial charge in [-0.3, -0.25) is 10.1 Å². The second-order valence-electron chi connectivity index (χ2n) is 3.90. The number of nitrogens with zero attached hydrogens (tertiary/aromatic N) is 1. The third-order valence-electron chi connectivity index (χ3n) is 2.55. The van der Waals surface area contributed by atoms with Crippen molar-refractivity contribution in [2.24, 2.45) is 0 Å². The maximum absolute atomic E-state index is 11.6. The second-order valence-corrected chi connectivity index (χ2v) is 5.27. The molecule has 1 aromatic carbocycles. The minimum absolute atomic E-state index is 0.0861. The highest BCUT2D eigenvalue weighted by molar-refractivity contribution is 7.39. The monoisotopic (exact) mass is 302 g/mol. The Hall–Kier alpha value is -1.56. The number of nitro benzene ring substituents is 1. The van der Waals surface area contributed by atoms with Crippen LogP contribution in [0.1, 0.15) is 5.56 Å². The van der Waals surface area contributed by atoms with Crippen LogP contribution in [0, 0.1) is 10.1 Å². The van der Waals surface area contributed by atoms with Gasteiger partial charge >= 0.3 is 13.7 Å². The smallest absolute Gasteiger partial charge is 0.490 e. The topological polar surface area (TPSA) is 87.9 Å². The second kappa shape index (κ2) is 8.58. The number of ether oxygens (including phenoxy) is 2. The van der Waals surface area contributed by atoms with Gasteiger partial charge < -0.3 is 9.47 Å². The predicted octanol–water partition coefficient (Wildman–Crippen LogP) is 2.55. The van der Waals surface area contributed by atoms with E-state index in [1.54, 1.807) is 19.2 Å². The molecule has 0 aliphatic rings. The van der Waals surface area contributed by atoms with Gasteiger partial charge in [-0.25, -0.2) is 0 Å². The Labute approximate surface area is 117 Å². The van der Waals surface area contributed by atoms with Crippen molar-refractivity contribution in [2.45, 2.75) is 6.42 Å². The average Bonchev–Trinajstić information content (AvgIpc) is 2.44. The lowest BCUT2D eigenvalue weighted by Gasteiger charge is -2.03. The molecule has 0 spiro atoms. The molecule has 0 bridgehead atoms. The molecule has 7 nitrogen and oxygen atoms in total. The fraction of sp³-hybridized carbons (Fsp3) is 0.500. The van der Waals surface area contributed by atoms with Crippen LogP contribution in [0.4, 0.5) is 5.69 Å². The maximum atomic E-state index is 11.6. The number of aryl methyl sites for hydroxylation is 1. The van der Waals surface area contributed by atoms with E-state index in [1.807, 2.05) is 0 Å². The highest BCUT2D eigenvalue weighted by atomic mass is 31.1. The van der Waals surface area contributed by atoms with Crippen LogP contribution in [0.5, 0.6) is 5.75 Å². The van der Waals surface area contributed by atoms with Crippen LogP contribution in [0.15, 0.2) is 18.2 Å². The van der Waals surface area contributed by atoms with Gasteiger partial charge in [0.25, 0.3) is 0 Å². The predicted molar refractivity (Wildman–Crippen MR) is 73.7 cm³/mol. The SMILES string of the molecule is COCCO[P+](=O)CCc1ccc([N+](=O)[O-])c(OC)c1. The molecule has 20 heavy (non-hydrogen) atoms. The van der Waals surface area contributed by atoms with E-state index < -0.39 is 13.0 Å². The number of nitro groups is 1. The maximum Gasteiger partial charge on any atom is 0.508 e.